The first-order valence-corrected chi connectivity index (χ1v) is 10.2. The molecular formula is C24H31NO6. The molecule has 0 saturated carbocycles. The second-order valence-corrected chi connectivity index (χ2v) is 6.75. The molecule has 7 nitrogen and oxygen atoms in total. The lowest BCUT2D eigenvalue weighted by Crippen LogP contribution is -2.23. The van der Waals surface area contributed by atoms with E-state index in [-0.39, 0.29) is 36.4 Å². The molecule has 0 radical (unpaired) electrons. The summed E-state index contributed by atoms with van der Waals surface area (Å²) in [4.78, 5) is 15.2. The monoisotopic (exact) mass is 429 g/mol. The molecular weight excluding hydrogens is 398 g/mol. The summed E-state index contributed by atoms with van der Waals surface area (Å²) in [5, 5.41) is 11.1. The first kappa shape index (κ1) is 24.4. The molecule has 2 aromatic carbocycles. The third kappa shape index (κ3) is 6.82. The zero-order valence-electron chi connectivity index (χ0n) is 18.6. The summed E-state index contributed by atoms with van der Waals surface area (Å²) >= 11 is 0. The molecule has 0 aliphatic heterocycles. The predicted molar refractivity (Wildman–Crippen MR) is 120 cm³/mol. The van der Waals surface area contributed by atoms with Gasteiger partial charge in [0.15, 0.2) is 19.4 Å². The van der Waals surface area contributed by atoms with Gasteiger partial charge in [0.1, 0.15) is 22.8 Å². The van der Waals surface area contributed by atoms with Crippen LogP contribution in [0.5, 0.6) is 17.2 Å². The first-order chi connectivity index (χ1) is 15.0. The number of phenols is 1. The lowest BCUT2D eigenvalue weighted by atomic mass is 10.0. The number of benzene rings is 2. The number of hydrogen-bond donors (Lipinski definition) is 1. The summed E-state index contributed by atoms with van der Waals surface area (Å²) in [6.45, 7) is 5.93. The Hall–Kier alpha value is -2.87. The summed E-state index contributed by atoms with van der Waals surface area (Å²) < 4.78 is 21.3. The van der Waals surface area contributed by atoms with E-state index in [0.717, 1.165) is 18.7 Å². The number of allylic oxidation sites excluding steroid dienone is 1. The van der Waals surface area contributed by atoms with Crippen molar-refractivity contribution in [2.45, 2.75) is 20.4 Å². The second kappa shape index (κ2) is 12.7. The molecule has 0 spiro atoms. The largest absolute Gasteiger partial charge is 0.507 e. The molecule has 0 saturated heterocycles. The van der Waals surface area contributed by atoms with Crippen LogP contribution in [-0.2, 0) is 16.0 Å². The topological polar surface area (TPSA) is 77.5 Å². The zero-order valence-corrected chi connectivity index (χ0v) is 18.6. The van der Waals surface area contributed by atoms with E-state index >= 15 is 0 Å². The van der Waals surface area contributed by atoms with Crippen molar-refractivity contribution in [2.24, 2.45) is 0 Å². The molecule has 2 aromatic rings. The van der Waals surface area contributed by atoms with Crippen LogP contribution >= 0.6 is 0 Å². The highest BCUT2D eigenvalue weighted by atomic mass is 16.7. The van der Waals surface area contributed by atoms with Gasteiger partial charge in [0, 0.05) is 26.8 Å². The SMILES string of the molecule is CCN(CC)Cc1c(OCOC)cc(OCOC)c(C(=O)/C=C/c2ccccc2)c1O. The minimum atomic E-state index is -0.383. The lowest BCUT2D eigenvalue weighted by molar-refractivity contribution is 0.0444. The standard InChI is InChI=1S/C24H31NO6/c1-5-25(6-2)15-19-21(30-16-28-3)14-22(31-17-29-4)23(24(19)27)20(26)13-12-18-10-8-7-9-11-18/h7-14,27H,5-6,15-17H2,1-4H3/b13-12+. The van der Waals surface area contributed by atoms with E-state index in [1.807, 2.05) is 44.2 Å². The molecule has 0 amide bonds. The van der Waals surface area contributed by atoms with Crippen LogP contribution in [0.1, 0.15) is 35.3 Å². The summed E-state index contributed by atoms with van der Waals surface area (Å²) in [6, 6.07) is 11.1. The van der Waals surface area contributed by atoms with Crippen LogP contribution in [0.3, 0.4) is 0 Å². The number of carbonyl (C=O) groups is 1. The van der Waals surface area contributed by atoms with Crippen LogP contribution in [0.4, 0.5) is 0 Å². The van der Waals surface area contributed by atoms with E-state index in [9.17, 15) is 9.90 Å². The van der Waals surface area contributed by atoms with E-state index in [1.54, 1.807) is 12.1 Å². The maximum Gasteiger partial charge on any atom is 0.193 e. The number of aromatic hydroxyl groups is 1. The number of hydrogen-bond acceptors (Lipinski definition) is 7. The summed E-state index contributed by atoms with van der Waals surface area (Å²) in [7, 11) is 2.99. The van der Waals surface area contributed by atoms with Crippen molar-refractivity contribution in [2.75, 3.05) is 40.9 Å². The smallest absolute Gasteiger partial charge is 0.193 e. The summed E-state index contributed by atoms with van der Waals surface area (Å²) in [5.74, 6) is 0.0123. The van der Waals surface area contributed by atoms with E-state index in [0.29, 0.717) is 17.9 Å². The Balaban J connectivity index is 2.53. The fourth-order valence-electron chi connectivity index (χ4n) is 3.03. The quantitative estimate of drug-likeness (QED) is 0.292. The average Bonchev–Trinajstić information content (AvgIpc) is 2.80. The molecule has 0 unspecified atom stereocenters. The molecule has 31 heavy (non-hydrogen) atoms. The van der Waals surface area contributed by atoms with Gasteiger partial charge in [-0.15, -0.1) is 0 Å². The van der Waals surface area contributed by atoms with E-state index in [2.05, 4.69) is 4.90 Å². The normalized spacial score (nSPS) is 11.3. The van der Waals surface area contributed by atoms with Gasteiger partial charge in [-0.2, -0.15) is 0 Å². The van der Waals surface area contributed by atoms with Gasteiger partial charge < -0.3 is 24.1 Å². The molecule has 0 heterocycles. The minimum Gasteiger partial charge on any atom is -0.507 e. The molecule has 0 fully saturated rings. The van der Waals surface area contributed by atoms with E-state index in [1.165, 1.54) is 20.3 Å². The third-order valence-electron chi connectivity index (χ3n) is 4.74. The Morgan fingerprint density at radius 2 is 1.61 bits per heavy atom. The number of methoxy groups -OCH3 is 2. The molecule has 2 rings (SSSR count). The fourth-order valence-corrected chi connectivity index (χ4v) is 3.03. The Labute approximate surface area is 183 Å². The predicted octanol–water partition coefficient (Wildman–Crippen LogP) is 4.10. The van der Waals surface area contributed by atoms with Gasteiger partial charge >= 0.3 is 0 Å². The molecule has 168 valence electrons. The molecule has 1 N–H and O–H groups in total. The van der Waals surface area contributed by atoms with Gasteiger partial charge in [0.05, 0.1) is 5.56 Å². The maximum absolute atomic E-state index is 13.1. The Bertz CT molecular complexity index is 862. The maximum atomic E-state index is 13.1. The minimum absolute atomic E-state index is 0.00435. The van der Waals surface area contributed by atoms with Gasteiger partial charge in [0.2, 0.25) is 0 Å². The highest BCUT2D eigenvalue weighted by molar-refractivity contribution is 6.11. The van der Waals surface area contributed by atoms with Crippen LogP contribution in [0.15, 0.2) is 42.5 Å². The number of phenolic OH excluding ortho intramolecular Hbond substituents is 1. The van der Waals surface area contributed by atoms with Crippen LogP contribution < -0.4 is 9.47 Å². The number of ether oxygens (including phenoxy) is 4. The number of ketones is 1. The molecule has 0 bridgehead atoms. The zero-order chi connectivity index (χ0) is 22.6. The Morgan fingerprint density at radius 1 is 1.00 bits per heavy atom. The Morgan fingerprint density at radius 3 is 2.19 bits per heavy atom. The van der Waals surface area contributed by atoms with Gasteiger partial charge in [-0.25, -0.2) is 0 Å². The third-order valence-corrected chi connectivity index (χ3v) is 4.74. The van der Waals surface area contributed by atoms with Gasteiger partial charge in [-0.05, 0) is 24.7 Å². The van der Waals surface area contributed by atoms with Crippen molar-refractivity contribution >= 4 is 11.9 Å². The summed E-state index contributed by atoms with van der Waals surface area (Å²) in [6.07, 6.45) is 3.11. The van der Waals surface area contributed by atoms with Crippen LogP contribution in [0.25, 0.3) is 6.08 Å². The summed E-state index contributed by atoms with van der Waals surface area (Å²) in [5.41, 5.74) is 1.44. The molecule has 0 aliphatic rings. The van der Waals surface area contributed by atoms with E-state index < -0.39 is 0 Å². The van der Waals surface area contributed by atoms with Gasteiger partial charge in [-0.3, -0.25) is 9.69 Å². The van der Waals surface area contributed by atoms with Crippen molar-refractivity contribution in [1.29, 1.82) is 0 Å². The van der Waals surface area contributed by atoms with Crippen molar-refractivity contribution in [3.8, 4) is 17.2 Å². The van der Waals surface area contributed by atoms with Crippen LogP contribution in [0, 0.1) is 0 Å². The molecule has 0 atom stereocenters. The van der Waals surface area contributed by atoms with Gasteiger partial charge in [-0.1, -0.05) is 50.3 Å². The second-order valence-electron chi connectivity index (χ2n) is 6.75. The first-order valence-electron chi connectivity index (χ1n) is 10.2. The highest BCUT2D eigenvalue weighted by Crippen LogP contribution is 2.40. The number of carbonyl (C=O) groups excluding carboxylic acids is 1. The van der Waals surface area contributed by atoms with Crippen molar-refractivity contribution in [3.05, 3.63) is 59.2 Å². The molecule has 7 heteroatoms. The van der Waals surface area contributed by atoms with Crippen molar-refractivity contribution in [1.82, 2.24) is 4.90 Å². The fraction of sp³-hybridized carbons (Fsp3) is 0.375. The van der Waals surface area contributed by atoms with Crippen LogP contribution in [0.2, 0.25) is 0 Å². The average molecular weight is 430 g/mol. The van der Waals surface area contributed by atoms with E-state index in [4.69, 9.17) is 18.9 Å². The van der Waals surface area contributed by atoms with Crippen LogP contribution in [-0.4, -0.2) is 56.7 Å². The highest BCUT2D eigenvalue weighted by Gasteiger charge is 2.25. The van der Waals surface area contributed by atoms with Crippen molar-refractivity contribution < 1.29 is 28.8 Å². The Kier molecular flexibility index (Phi) is 10.0. The molecule has 0 aliphatic carbocycles. The number of rotatable bonds is 13. The van der Waals surface area contributed by atoms with Crippen molar-refractivity contribution in [3.63, 3.8) is 0 Å². The number of nitrogens with zero attached hydrogens (tertiary/aromatic N) is 1. The van der Waals surface area contributed by atoms with Gasteiger partial charge in [0.25, 0.3) is 0 Å². The lowest BCUT2D eigenvalue weighted by Gasteiger charge is -2.23. The molecule has 0 aromatic heterocycles.